The van der Waals surface area contributed by atoms with E-state index >= 15 is 0 Å². The van der Waals surface area contributed by atoms with Crippen molar-refractivity contribution in [2.75, 3.05) is 20.8 Å². The molecule has 1 aromatic rings. The molecule has 0 fully saturated rings. The lowest BCUT2D eigenvalue weighted by Crippen LogP contribution is -2.43. The topological polar surface area (TPSA) is 67.6 Å². The van der Waals surface area contributed by atoms with Crippen molar-refractivity contribution < 1.29 is 14.1 Å². The number of aromatic nitrogens is 1. The average molecular weight is 255 g/mol. The quantitative estimate of drug-likeness (QED) is 0.865. The van der Waals surface area contributed by atoms with Crippen molar-refractivity contribution in [2.24, 2.45) is 0 Å². The van der Waals surface area contributed by atoms with E-state index < -0.39 is 0 Å². The molecule has 102 valence electrons. The number of amides is 2. The molecule has 1 N–H and O–H groups in total. The van der Waals surface area contributed by atoms with E-state index in [2.05, 4.69) is 10.5 Å². The number of ether oxygens (including phenoxy) is 1. The summed E-state index contributed by atoms with van der Waals surface area (Å²) < 4.78 is 10.0. The van der Waals surface area contributed by atoms with Gasteiger partial charge in [-0.3, -0.25) is 0 Å². The molecule has 6 heteroatoms. The Bertz CT molecular complexity index is 384. The molecule has 0 aromatic carbocycles. The van der Waals surface area contributed by atoms with Crippen LogP contribution in [0.4, 0.5) is 4.79 Å². The van der Waals surface area contributed by atoms with Crippen LogP contribution in [0.3, 0.4) is 0 Å². The molecule has 1 aromatic heterocycles. The Hall–Kier alpha value is -1.56. The molecule has 0 saturated carbocycles. The van der Waals surface area contributed by atoms with Crippen LogP contribution in [0.15, 0.2) is 4.52 Å². The Kier molecular flexibility index (Phi) is 5.15. The molecule has 1 rings (SSSR count). The Morgan fingerprint density at radius 1 is 1.56 bits per heavy atom. The van der Waals surface area contributed by atoms with Gasteiger partial charge in [-0.05, 0) is 20.8 Å². The second kappa shape index (κ2) is 6.39. The van der Waals surface area contributed by atoms with E-state index in [1.54, 1.807) is 19.1 Å². The van der Waals surface area contributed by atoms with Crippen molar-refractivity contribution in [2.45, 2.75) is 33.4 Å². The molecule has 0 aliphatic rings. The summed E-state index contributed by atoms with van der Waals surface area (Å²) in [6, 6.07) is -0.158. The maximum Gasteiger partial charge on any atom is 0.317 e. The second-order valence-corrected chi connectivity index (χ2v) is 4.46. The highest BCUT2D eigenvalue weighted by Gasteiger charge is 2.16. The highest BCUT2D eigenvalue weighted by Crippen LogP contribution is 2.14. The summed E-state index contributed by atoms with van der Waals surface area (Å²) in [5.41, 5.74) is 1.77. The Balaban J connectivity index is 2.55. The predicted molar refractivity (Wildman–Crippen MR) is 67.3 cm³/mol. The number of nitrogens with zero attached hydrogens (tertiary/aromatic N) is 2. The minimum atomic E-state index is -0.139. The molecule has 6 nitrogen and oxygen atoms in total. The first kappa shape index (κ1) is 14.5. The first-order valence-electron chi connectivity index (χ1n) is 5.88. The van der Waals surface area contributed by atoms with E-state index in [-0.39, 0.29) is 12.1 Å². The molecule has 0 aliphatic carbocycles. The van der Waals surface area contributed by atoms with Crippen molar-refractivity contribution in [1.82, 2.24) is 15.4 Å². The normalized spacial score (nSPS) is 12.3. The molecule has 0 aliphatic heterocycles. The average Bonchev–Trinajstić information content (AvgIpc) is 2.60. The van der Waals surface area contributed by atoms with Gasteiger partial charge in [0, 0.05) is 19.7 Å². The lowest BCUT2D eigenvalue weighted by Gasteiger charge is -2.20. The first-order chi connectivity index (χ1) is 8.45. The number of methoxy groups -OCH3 is 1. The van der Waals surface area contributed by atoms with Gasteiger partial charge in [-0.2, -0.15) is 0 Å². The van der Waals surface area contributed by atoms with Crippen LogP contribution >= 0.6 is 0 Å². The molecule has 0 saturated heterocycles. The standard InChI is InChI=1S/C12H21N3O3/c1-8(7-17-5)13-12(16)15(4)6-11-9(2)14-18-10(11)3/h8H,6-7H2,1-5H3,(H,13,16)/t8-/m0/s1. The Labute approximate surface area is 107 Å². The number of hydrogen-bond donors (Lipinski definition) is 1. The zero-order valence-electron chi connectivity index (χ0n) is 11.6. The van der Waals surface area contributed by atoms with Gasteiger partial charge in [-0.25, -0.2) is 4.79 Å². The van der Waals surface area contributed by atoms with Crippen LogP contribution in [0.5, 0.6) is 0 Å². The summed E-state index contributed by atoms with van der Waals surface area (Å²) in [4.78, 5) is 13.5. The third-order valence-corrected chi connectivity index (χ3v) is 2.71. The van der Waals surface area contributed by atoms with E-state index in [9.17, 15) is 4.79 Å². The van der Waals surface area contributed by atoms with Gasteiger partial charge in [-0.15, -0.1) is 0 Å². The Morgan fingerprint density at radius 2 is 2.22 bits per heavy atom. The highest BCUT2D eigenvalue weighted by molar-refractivity contribution is 5.74. The van der Waals surface area contributed by atoms with Crippen LogP contribution in [-0.2, 0) is 11.3 Å². The minimum absolute atomic E-state index is 0.0189. The number of carbonyl (C=O) groups excluding carboxylic acids is 1. The second-order valence-electron chi connectivity index (χ2n) is 4.46. The van der Waals surface area contributed by atoms with Crippen molar-refractivity contribution >= 4 is 6.03 Å². The van der Waals surface area contributed by atoms with E-state index in [0.29, 0.717) is 13.2 Å². The molecule has 0 radical (unpaired) electrons. The molecule has 1 heterocycles. The summed E-state index contributed by atoms with van der Waals surface area (Å²) in [6.07, 6.45) is 0. The smallest absolute Gasteiger partial charge is 0.317 e. The Morgan fingerprint density at radius 3 is 2.72 bits per heavy atom. The largest absolute Gasteiger partial charge is 0.383 e. The van der Waals surface area contributed by atoms with E-state index in [4.69, 9.17) is 9.26 Å². The van der Waals surface area contributed by atoms with Gasteiger partial charge in [0.15, 0.2) is 0 Å². The maximum absolute atomic E-state index is 11.9. The fourth-order valence-electron chi connectivity index (χ4n) is 1.65. The van der Waals surface area contributed by atoms with E-state index in [0.717, 1.165) is 17.0 Å². The lowest BCUT2D eigenvalue weighted by atomic mass is 10.2. The number of nitrogens with one attached hydrogen (secondary N) is 1. The van der Waals surface area contributed by atoms with Crippen LogP contribution in [0.2, 0.25) is 0 Å². The summed E-state index contributed by atoms with van der Waals surface area (Å²) >= 11 is 0. The van der Waals surface area contributed by atoms with Gasteiger partial charge in [0.25, 0.3) is 0 Å². The predicted octanol–water partition coefficient (Wildman–Crippen LogP) is 1.47. The van der Waals surface area contributed by atoms with Gasteiger partial charge in [0.2, 0.25) is 0 Å². The molecule has 0 spiro atoms. The van der Waals surface area contributed by atoms with Gasteiger partial charge < -0.3 is 19.5 Å². The number of carbonyl (C=O) groups is 1. The van der Waals surface area contributed by atoms with Crippen molar-refractivity contribution in [3.05, 3.63) is 17.0 Å². The lowest BCUT2D eigenvalue weighted by molar-refractivity contribution is 0.162. The van der Waals surface area contributed by atoms with Crippen molar-refractivity contribution in [1.29, 1.82) is 0 Å². The number of rotatable bonds is 5. The number of aryl methyl sites for hydroxylation is 2. The number of hydrogen-bond acceptors (Lipinski definition) is 4. The molecular weight excluding hydrogens is 234 g/mol. The van der Waals surface area contributed by atoms with Crippen LogP contribution in [0.25, 0.3) is 0 Å². The molecule has 2 amide bonds. The van der Waals surface area contributed by atoms with Crippen LogP contribution in [-0.4, -0.2) is 42.9 Å². The van der Waals surface area contributed by atoms with Crippen LogP contribution in [0, 0.1) is 13.8 Å². The zero-order chi connectivity index (χ0) is 13.7. The summed E-state index contributed by atoms with van der Waals surface area (Å²) in [6.45, 7) is 6.57. The fourth-order valence-corrected chi connectivity index (χ4v) is 1.65. The maximum atomic E-state index is 11.9. The summed E-state index contributed by atoms with van der Waals surface area (Å²) in [7, 11) is 3.34. The van der Waals surface area contributed by atoms with Gasteiger partial charge in [-0.1, -0.05) is 5.16 Å². The molecule has 0 unspecified atom stereocenters. The first-order valence-corrected chi connectivity index (χ1v) is 5.88. The monoisotopic (exact) mass is 255 g/mol. The van der Waals surface area contributed by atoms with Gasteiger partial charge >= 0.3 is 6.03 Å². The fraction of sp³-hybridized carbons (Fsp3) is 0.667. The molecule has 18 heavy (non-hydrogen) atoms. The summed E-state index contributed by atoms with van der Waals surface area (Å²) in [5, 5.41) is 6.71. The van der Waals surface area contributed by atoms with Crippen LogP contribution in [0.1, 0.15) is 23.9 Å². The molecule has 0 bridgehead atoms. The van der Waals surface area contributed by atoms with Gasteiger partial charge in [0.05, 0.1) is 24.9 Å². The third-order valence-electron chi connectivity index (χ3n) is 2.71. The molecular formula is C12H21N3O3. The van der Waals surface area contributed by atoms with Crippen molar-refractivity contribution in [3.8, 4) is 0 Å². The van der Waals surface area contributed by atoms with E-state index in [1.165, 1.54) is 0 Å². The number of urea groups is 1. The molecule has 1 atom stereocenters. The van der Waals surface area contributed by atoms with Gasteiger partial charge in [0.1, 0.15) is 5.76 Å². The third kappa shape index (κ3) is 3.73. The highest BCUT2D eigenvalue weighted by atomic mass is 16.5. The van der Waals surface area contributed by atoms with Crippen LogP contribution < -0.4 is 5.32 Å². The zero-order valence-corrected chi connectivity index (χ0v) is 11.6. The summed E-state index contributed by atoms with van der Waals surface area (Å²) in [5.74, 6) is 0.747. The van der Waals surface area contributed by atoms with Crippen molar-refractivity contribution in [3.63, 3.8) is 0 Å². The van der Waals surface area contributed by atoms with E-state index in [1.807, 2.05) is 20.8 Å². The SMILES string of the molecule is COC[C@H](C)NC(=O)N(C)Cc1c(C)noc1C. The minimum Gasteiger partial charge on any atom is -0.383 e.